The number of rotatable bonds is 3. The summed E-state index contributed by atoms with van der Waals surface area (Å²) >= 11 is 5.43. The van der Waals surface area contributed by atoms with Gasteiger partial charge in [0.05, 0.1) is 6.10 Å². The Morgan fingerprint density at radius 1 is 1.47 bits per heavy atom. The lowest BCUT2D eigenvalue weighted by atomic mass is 10.0. The topological polar surface area (TPSA) is 20.2 Å². The maximum absolute atomic E-state index is 10.1. The van der Waals surface area contributed by atoms with E-state index in [9.17, 15) is 5.11 Å². The zero-order valence-electron chi connectivity index (χ0n) is 8.53. The van der Waals surface area contributed by atoms with Gasteiger partial charge in [-0.3, -0.25) is 0 Å². The fourth-order valence-corrected chi connectivity index (χ4v) is 3.66. The van der Waals surface area contributed by atoms with E-state index in [4.69, 9.17) is 0 Å². The molecule has 0 spiro atoms. The Hall–Kier alpha value is 0.01000. The Balaban J connectivity index is 1.99. The monoisotopic (exact) mass is 286 g/mol. The molecule has 1 heterocycles. The first-order valence-electron chi connectivity index (χ1n) is 5.30. The predicted molar refractivity (Wildman–Crippen MR) is 69.3 cm³/mol. The molecule has 0 amide bonds. The average Bonchev–Trinajstić information content (AvgIpc) is 2.74. The molecule has 0 saturated carbocycles. The van der Waals surface area contributed by atoms with Gasteiger partial charge in [-0.2, -0.15) is 11.8 Å². The second kappa shape index (κ2) is 5.37. The van der Waals surface area contributed by atoms with Crippen LogP contribution < -0.4 is 0 Å². The van der Waals surface area contributed by atoms with E-state index in [1.165, 1.54) is 17.7 Å². The number of benzene rings is 1. The van der Waals surface area contributed by atoms with E-state index in [2.05, 4.69) is 22.0 Å². The Morgan fingerprint density at radius 2 is 2.27 bits per heavy atom. The number of aliphatic hydroxyl groups is 1. The molecule has 2 rings (SSSR count). The minimum absolute atomic E-state index is 0.198. The molecule has 1 saturated heterocycles. The van der Waals surface area contributed by atoms with Gasteiger partial charge in [0.15, 0.2) is 0 Å². The van der Waals surface area contributed by atoms with Crippen LogP contribution in [0.1, 0.15) is 18.4 Å². The molecular formula is C12H15BrOS. The molecule has 82 valence electrons. The summed E-state index contributed by atoms with van der Waals surface area (Å²) < 4.78 is 1.10. The molecule has 15 heavy (non-hydrogen) atoms. The van der Waals surface area contributed by atoms with Crippen LogP contribution in [0.25, 0.3) is 0 Å². The lowest BCUT2D eigenvalue weighted by Gasteiger charge is -2.17. The number of halogens is 1. The summed E-state index contributed by atoms with van der Waals surface area (Å²) in [5, 5.41) is 10.5. The summed E-state index contributed by atoms with van der Waals surface area (Å²) in [5.41, 5.74) is 1.21. The first kappa shape index (κ1) is 11.5. The molecule has 1 aliphatic heterocycles. The van der Waals surface area contributed by atoms with Gasteiger partial charge in [-0.15, -0.1) is 0 Å². The molecule has 2 atom stereocenters. The van der Waals surface area contributed by atoms with Crippen molar-refractivity contribution >= 4 is 27.7 Å². The van der Waals surface area contributed by atoms with E-state index in [0.29, 0.717) is 5.25 Å². The maximum Gasteiger partial charge on any atom is 0.0699 e. The van der Waals surface area contributed by atoms with Gasteiger partial charge in [-0.25, -0.2) is 0 Å². The minimum atomic E-state index is -0.198. The van der Waals surface area contributed by atoms with Gasteiger partial charge in [0.25, 0.3) is 0 Å². The number of hydrogen-bond acceptors (Lipinski definition) is 2. The van der Waals surface area contributed by atoms with Crippen molar-refractivity contribution in [3.8, 4) is 0 Å². The van der Waals surface area contributed by atoms with Crippen LogP contribution in [-0.4, -0.2) is 22.2 Å². The van der Waals surface area contributed by atoms with Crippen molar-refractivity contribution in [3.05, 3.63) is 34.3 Å². The summed E-state index contributed by atoms with van der Waals surface area (Å²) in [5.74, 6) is 1.21. The van der Waals surface area contributed by atoms with E-state index in [1.807, 2.05) is 30.0 Å². The Kier molecular flexibility index (Phi) is 4.12. The third kappa shape index (κ3) is 2.99. The molecule has 0 bridgehead atoms. The highest BCUT2D eigenvalue weighted by Crippen LogP contribution is 2.30. The lowest BCUT2D eigenvalue weighted by Crippen LogP contribution is -2.23. The van der Waals surface area contributed by atoms with Crippen molar-refractivity contribution in [2.75, 3.05) is 5.75 Å². The molecule has 3 heteroatoms. The number of aliphatic hydroxyl groups excluding tert-OH is 1. The normalized spacial score (nSPS) is 22.9. The Labute approximate surface area is 103 Å². The van der Waals surface area contributed by atoms with E-state index in [-0.39, 0.29) is 6.10 Å². The second-order valence-corrected chi connectivity index (χ2v) is 6.12. The molecule has 1 aliphatic rings. The SMILES string of the molecule is OC(Cc1ccccc1Br)C1CCCS1. The maximum atomic E-state index is 10.1. The molecule has 1 fully saturated rings. The van der Waals surface area contributed by atoms with Gasteiger partial charge < -0.3 is 5.11 Å². The molecule has 0 aromatic heterocycles. The van der Waals surface area contributed by atoms with E-state index < -0.39 is 0 Å². The largest absolute Gasteiger partial charge is 0.392 e. The molecule has 1 nitrogen and oxygen atoms in total. The van der Waals surface area contributed by atoms with Crippen molar-refractivity contribution in [2.45, 2.75) is 30.6 Å². The number of hydrogen-bond donors (Lipinski definition) is 1. The molecule has 1 aromatic carbocycles. The fraction of sp³-hybridized carbons (Fsp3) is 0.500. The average molecular weight is 287 g/mol. The highest BCUT2D eigenvalue weighted by atomic mass is 79.9. The highest BCUT2D eigenvalue weighted by Gasteiger charge is 2.24. The number of thioether (sulfide) groups is 1. The first-order chi connectivity index (χ1) is 7.27. The highest BCUT2D eigenvalue weighted by molar-refractivity contribution is 9.10. The van der Waals surface area contributed by atoms with Crippen LogP contribution in [0.5, 0.6) is 0 Å². The molecule has 0 aliphatic carbocycles. The van der Waals surface area contributed by atoms with Crippen LogP contribution >= 0.6 is 27.7 Å². The minimum Gasteiger partial charge on any atom is -0.392 e. The van der Waals surface area contributed by atoms with Crippen LogP contribution in [0.2, 0.25) is 0 Å². The van der Waals surface area contributed by atoms with Crippen LogP contribution in [-0.2, 0) is 6.42 Å². The van der Waals surface area contributed by atoms with Crippen molar-refractivity contribution in [1.82, 2.24) is 0 Å². The van der Waals surface area contributed by atoms with Gasteiger partial charge in [-0.1, -0.05) is 34.1 Å². The standard InChI is InChI=1S/C12H15BrOS/c13-10-5-2-1-4-9(10)8-11(14)12-6-3-7-15-12/h1-2,4-5,11-12,14H,3,6-8H2. The molecule has 0 radical (unpaired) electrons. The van der Waals surface area contributed by atoms with E-state index in [0.717, 1.165) is 17.3 Å². The van der Waals surface area contributed by atoms with Crippen molar-refractivity contribution in [3.63, 3.8) is 0 Å². The third-order valence-electron chi connectivity index (χ3n) is 2.78. The molecule has 1 aromatic rings. The van der Waals surface area contributed by atoms with Crippen LogP contribution in [0, 0.1) is 0 Å². The first-order valence-corrected chi connectivity index (χ1v) is 7.14. The van der Waals surface area contributed by atoms with Crippen molar-refractivity contribution in [1.29, 1.82) is 0 Å². The van der Waals surface area contributed by atoms with E-state index in [1.54, 1.807) is 0 Å². The van der Waals surface area contributed by atoms with Crippen molar-refractivity contribution < 1.29 is 5.11 Å². The van der Waals surface area contributed by atoms with Crippen LogP contribution in [0.3, 0.4) is 0 Å². The van der Waals surface area contributed by atoms with Gasteiger partial charge in [-0.05, 0) is 30.2 Å². The Bertz CT molecular complexity index is 323. The summed E-state index contributed by atoms with van der Waals surface area (Å²) in [6.45, 7) is 0. The smallest absolute Gasteiger partial charge is 0.0699 e. The van der Waals surface area contributed by atoms with Gasteiger partial charge in [0, 0.05) is 16.1 Å². The van der Waals surface area contributed by atoms with Crippen LogP contribution in [0.15, 0.2) is 28.7 Å². The van der Waals surface area contributed by atoms with Crippen molar-refractivity contribution in [2.24, 2.45) is 0 Å². The summed E-state index contributed by atoms with van der Waals surface area (Å²) in [4.78, 5) is 0. The summed E-state index contributed by atoms with van der Waals surface area (Å²) in [6.07, 6.45) is 2.98. The second-order valence-electron chi connectivity index (χ2n) is 3.91. The zero-order chi connectivity index (χ0) is 10.7. The van der Waals surface area contributed by atoms with Gasteiger partial charge >= 0.3 is 0 Å². The summed E-state index contributed by atoms with van der Waals surface area (Å²) in [6, 6.07) is 8.13. The predicted octanol–water partition coefficient (Wildman–Crippen LogP) is 3.25. The van der Waals surface area contributed by atoms with Gasteiger partial charge in [0.2, 0.25) is 0 Å². The van der Waals surface area contributed by atoms with E-state index >= 15 is 0 Å². The molecule has 1 N–H and O–H groups in total. The third-order valence-corrected chi connectivity index (χ3v) is 5.06. The van der Waals surface area contributed by atoms with Gasteiger partial charge in [0.1, 0.15) is 0 Å². The molecular weight excluding hydrogens is 272 g/mol. The van der Waals surface area contributed by atoms with Crippen LogP contribution in [0.4, 0.5) is 0 Å². The molecule has 2 unspecified atom stereocenters. The lowest BCUT2D eigenvalue weighted by molar-refractivity contribution is 0.170. The zero-order valence-corrected chi connectivity index (χ0v) is 10.9. The summed E-state index contributed by atoms with van der Waals surface area (Å²) in [7, 11) is 0. The fourth-order valence-electron chi connectivity index (χ4n) is 1.93. The Morgan fingerprint density at radius 3 is 2.93 bits per heavy atom. The quantitative estimate of drug-likeness (QED) is 0.921.